The van der Waals surface area contributed by atoms with Gasteiger partial charge in [0.05, 0.1) is 10.5 Å². The van der Waals surface area contributed by atoms with Crippen molar-refractivity contribution < 1.29 is 4.92 Å². The first-order valence-electron chi connectivity index (χ1n) is 5.01. The van der Waals surface area contributed by atoms with E-state index >= 15 is 0 Å². The van der Waals surface area contributed by atoms with Gasteiger partial charge in [0.25, 0.3) is 5.70 Å². The Bertz CT molecular complexity index is 512. The molecule has 0 radical (unpaired) electrons. The second kappa shape index (κ2) is 5.45. The van der Waals surface area contributed by atoms with E-state index in [1.807, 2.05) is 19.1 Å². The van der Waals surface area contributed by atoms with Gasteiger partial charge in [-0.3, -0.25) is 10.1 Å². The highest BCUT2D eigenvalue weighted by molar-refractivity contribution is 7.13. The fourth-order valence-corrected chi connectivity index (χ4v) is 2.30. The van der Waals surface area contributed by atoms with Gasteiger partial charge >= 0.3 is 0 Å². The summed E-state index contributed by atoms with van der Waals surface area (Å²) in [6, 6.07) is 3.75. The Morgan fingerprint density at radius 3 is 2.59 bits per heavy atom. The minimum Gasteiger partial charge on any atom is -0.393 e. The number of rotatable bonds is 4. The highest BCUT2D eigenvalue weighted by Gasteiger charge is 2.21. The van der Waals surface area contributed by atoms with Gasteiger partial charge < -0.3 is 5.73 Å². The van der Waals surface area contributed by atoms with Gasteiger partial charge in [-0.25, -0.2) is 0 Å². The van der Waals surface area contributed by atoms with Crippen LogP contribution in [0.25, 0.3) is 5.57 Å². The van der Waals surface area contributed by atoms with Gasteiger partial charge in [-0.1, -0.05) is 18.7 Å². The quantitative estimate of drug-likeness (QED) is 0.507. The maximum absolute atomic E-state index is 11.1. The minimum absolute atomic E-state index is 0.0932. The molecule has 0 unspecified atom stereocenters. The van der Waals surface area contributed by atoms with Gasteiger partial charge in [0, 0.05) is 9.75 Å². The van der Waals surface area contributed by atoms with Crippen molar-refractivity contribution in [2.45, 2.75) is 13.8 Å². The van der Waals surface area contributed by atoms with E-state index in [9.17, 15) is 10.1 Å². The molecule has 1 aromatic rings. The molecule has 0 fully saturated rings. The predicted octanol–water partition coefficient (Wildman–Crippen LogP) is 3.09. The molecular weight excluding hydrogens is 236 g/mol. The van der Waals surface area contributed by atoms with Crippen molar-refractivity contribution in [3.05, 3.63) is 62.1 Å². The van der Waals surface area contributed by atoms with Crippen LogP contribution in [0.4, 0.5) is 0 Å². The normalized spacial score (nSPS) is 13.2. The summed E-state index contributed by atoms with van der Waals surface area (Å²) in [5.41, 5.74) is 6.17. The molecule has 0 aromatic carbocycles. The SMILES string of the molecule is C=C/C(=C(\C(N)=C/C)[N+](=O)[O-])c1ccc(C)s1. The Balaban J connectivity index is 3.47. The monoisotopic (exact) mass is 250 g/mol. The fraction of sp³-hybridized carbons (Fsp3) is 0.167. The molecule has 1 heterocycles. The maximum atomic E-state index is 11.1. The zero-order valence-electron chi connectivity index (χ0n) is 9.77. The largest absolute Gasteiger partial charge is 0.393 e. The zero-order valence-corrected chi connectivity index (χ0v) is 10.6. The molecule has 0 spiro atoms. The summed E-state index contributed by atoms with van der Waals surface area (Å²) in [6.45, 7) is 7.24. The molecule has 0 bridgehead atoms. The van der Waals surface area contributed by atoms with Crippen molar-refractivity contribution in [1.29, 1.82) is 0 Å². The van der Waals surface area contributed by atoms with Crippen molar-refractivity contribution in [1.82, 2.24) is 0 Å². The van der Waals surface area contributed by atoms with E-state index in [0.717, 1.165) is 9.75 Å². The first-order valence-corrected chi connectivity index (χ1v) is 5.83. The van der Waals surface area contributed by atoms with Crippen LogP contribution in [0.3, 0.4) is 0 Å². The van der Waals surface area contributed by atoms with E-state index in [0.29, 0.717) is 5.57 Å². The van der Waals surface area contributed by atoms with Crippen LogP contribution in [-0.4, -0.2) is 4.92 Å². The van der Waals surface area contributed by atoms with Crippen LogP contribution in [-0.2, 0) is 0 Å². The number of hydrogen-bond donors (Lipinski definition) is 1. The summed E-state index contributed by atoms with van der Waals surface area (Å²) in [7, 11) is 0. The van der Waals surface area contributed by atoms with Crippen molar-refractivity contribution in [3.8, 4) is 0 Å². The summed E-state index contributed by atoms with van der Waals surface area (Å²) in [6.07, 6.45) is 2.99. The molecule has 0 aliphatic rings. The Labute approximate surface area is 104 Å². The van der Waals surface area contributed by atoms with E-state index in [1.165, 1.54) is 23.5 Å². The molecule has 0 saturated carbocycles. The molecule has 0 atom stereocenters. The van der Waals surface area contributed by atoms with Gasteiger partial charge in [0.1, 0.15) is 5.70 Å². The average molecular weight is 250 g/mol. The molecule has 0 aliphatic heterocycles. The average Bonchev–Trinajstić information content (AvgIpc) is 2.70. The lowest BCUT2D eigenvalue weighted by Gasteiger charge is -2.03. The molecule has 5 heteroatoms. The molecule has 1 aromatic heterocycles. The predicted molar refractivity (Wildman–Crippen MR) is 71.1 cm³/mol. The third-order valence-corrected chi connectivity index (χ3v) is 3.27. The van der Waals surface area contributed by atoms with Gasteiger partial charge in [0.2, 0.25) is 0 Å². The Morgan fingerprint density at radius 1 is 1.59 bits per heavy atom. The van der Waals surface area contributed by atoms with Crippen LogP contribution >= 0.6 is 11.3 Å². The number of nitrogens with zero attached hydrogens (tertiary/aromatic N) is 1. The summed E-state index contributed by atoms with van der Waals surface area (Å²) < 4.78 is 0. The van der Waals surface area contributed by atoms with Crippen LogP contribution in [0.1, 0.15) is 16.7 Å². The molecule has 0 aliphatic carbocycles. The smallest absolute Gasteiger partial charge is 0.300 e. The van der Waals surface area contributed by atoms with Crippen molar-refractivity contribution in [2.75, 3.05) is 0 Å². The molecule has 0 saturated heterocycles. The second-order valence-electron chi connectivity index (χ2n) is 3.38. The lowest BCUT2D eigenvalue weighted by molar-refractivity contribution is -0.419. The number of hydrogen-bond acceptors (Lipinski definition) is 4. The number of aryl methyl sites for hydroxylation is 1. The number of nitrogens with two attached hydrogens (primary N) is 1. The summed E-state index contributed by atoms with van der Waals surface area (Å²) in [4.78, 5) is 12.5. The van der Waals surface area contributed by atoms with E-state index < -0.39 is 4.92 Å². The summed E-state index contributed by atoms with van der Waals surface area (Å²) in [5, 5.41) is 11.1. The van der Waals surface area contributed by atoms with E-state index in [4.69, 9.17) is 5.73 Å². The van der Waals surface area contributed by atoms with E-state index in [-0.39, 0.29) is 11.4 Å². The van der Waals surface area contributed by atoms with Crippen molar-refractivity contribution in [3.63, 3.8) is 0 Å². The molecule has 2 N–H and O–H groups in total. The molecular formula is C12H14N2O2S. The van der Waals surface area contributed by atoms with Crippen molar-refractivity contribution >= 4 is 16.9 Å². The lowest BCUT2D eigenvalue weighted by atomic mass is 10.1. The Morgan fingerprint density at radius 2 is 2.24 bits per heavy atom. The summed E-state index contributed by atoms with van der Waals surface area (Å²) >= 11 is 1.48. The number of allylic oxidation sites excluding steroid dienone is 3. The fourth-order valence-electron chi connectivity index (χ4n) is 1.39. The highest BCUT2D eigenvalue weighted by atomic mass is 32.1. The lowest BCUT2D eigenvalue weighted by Crippen LogP contribution is -2.11. The van der Waals surface area contributed by atoms with Gasteiger partial charge in [0.15, 0.2) is 0 Å². The maximum Gasteiger partial charge on any atom is 0.300 e. The molecule has 1 rings (SSSR count). The molecule has 90 valence electrons. The van der Waals surface area contributed by atoms with Crippen LogP contribution in [0, 0.1) is 17.0 Å². The topological polar surface area (TPSA) is 69.2 Å². The first-order chi connectivity index (χ1) is 8.01. The van der Waals surface area contributed by atoms with E-state index in [1.54, 1.807) is 6.92 Å². The van der Waals surface area contributed by atoms with Gasteiger partial charge in [-0.2, -0.15) is 0 Å². The first kappa shape index (κ1) is 13.2. The summed E-state index contributed by atoms with van der Waals surface area (Å²) in [5.74, 6) is 0. The zero-order chi connectivity index (χ0) is 13.0. The van der Waals surface area contributed by atoms with Crippen LogP contribution in [0.2, 0.25) is 0 Å². The molecule has 0 amide bonds. The van der Waals surface area contributed by atoms with E-state index in [2.05, 4.69) is 6.58 Å². The Kier molecular flexibility index (Phi) is 4.23. The highest BCUT2D eigenvalue weighted by Crippen LogP contribution is 2.29. The third kappa shape index (κ3) is 2.82. The minimum atomic E-state index is -0.471. The third-order valence-electron chi connectivity index (χ3n) is 2.23. The Hall–Kier alpha value is -1.88. The van der Waals surface area contributed by atoms with Crippen LogP contribution in [0.15, 0.2) is 42.3 Å². The van der Waals surface area contributed by atoms with Gasteiger partial charge in [-0.05, 0) is 26.0 Å². The van der Waals surface area contributed by atoms with Crippen LogP contribution in [0.5, 0.6) is 0 Å². The second-order valence-corrected chi connectivity index (χ2v) is 4.67. The van der Waals surface area contributed by atoms with Crippen molar-refractivity contribution in [2.24, 2.45) is 5.73 Å². The molecule has 17 heavy (non-hydrogen) atoms. The number of nitro groups is 1. The van der Waals surface area contributed by atoms with Crippen LogP contribution < -0.4 is 5.73 Å². The molecule has 4 nitrogen and oxygen atoms in total. The number of thiophene rings is 1. The standard InChI is InChI=1S/C12H14N2O2S/c1-4-9(11-7-6-8(3)17-11)12(14(15)16)10(13)5-2/h4-7H,1,13H2,2-3H3/b10-5+,12-9-. The van der Waals surface area contributed by atoms with Gasteiger partial charge in [-0.15, -0.1) is 11.3 Å².